The summed E-state index contributed by atoms with van der Waals surface area (Å²) < 4.78 is 31.9. The van der Waals surface area contributed by atoms with Crippen LogP contribution >= 0.6 is 11.8 Å². The zero-order valence-corrected chi connectivity index (χ0v) is 24.9. The minimum Gasteiger partial charge on any atom is -0.348 e. The van der Waals surface area contributed by atoms with Crippen molar-refractivity contribution in [1.82, 2.24) is 24.8 Å². The van der Waals surface area contributed by atoms with Crippen molar-refractivity contribution < 1.29 is 18.3 Å². The predicted octanol–water partition coefficient (Wildman–Crippen LogP) is 5.43. The highest BCUT2D eigenvalue weighted by Crippen LogP contribution is 2.41. The van der Waals surface area contributed by atoms with E-state index in [0.717, 1.165) is 59.4 Å². The van der Waals surface area contributed by atoms with E-state index in [0.29, 0.717) is 36.2 Å². The summed E-state index contributed by atoms with van der Waals surface area (Å²) in [5.74, 6) is 0.205. The Bertz CT molecular complexity index is 1440. The fraction of sp³-hybridized carbons (Fsp3) is 0.567. The van der Waals surface area contributed by atoms with Gasteiger partial charge < -0.3 is 19.6 Å². The van der Waals surface area contributed by atoms with Crippen LogP contribution in [0, 0.1) is 19.8 Å². The predicted molar refractivity (Wildman–Crippen MR) is 157 cm³/mol. The van der Waals surface area contributed by atoms with Gasteiger partial charge in [-0.3, -0.25) is 14.5 Å². The molecule has 1 atom stereocenters. The summed E-state index contributed by atoms with van der Waals surface area (Å²) in [5, 5.41) is 3.81. The molecule has 1 saturated carbocycles. The molecule has 2 aliphatic rings. The molecule has 41 heavy (non-hydrogen) atoms. The van der Waals surface area contributed by atoms with Crippen molar-refractivity contribution in [3.63, 3.8) is 0 Å². The molecule has 0 bridgehead atoms. The number of aromatic nitrogens is 3. The topological polar surface area (TPSA) is 92.2 Å². The SMILES string of the molecule is CC[C@H](C1CCC(N2CC(OC(F)F)C2)CC1)n1c(C)c(C(=O)NCc2c(SC)cc(C)[nH]c2=O)c2cccnc21. The summed E-state index contributed by atoms with van der Waals surface area (Å²) in [7, 11) is 0. The van der Waals surface area contributed by atoms with Gasteiger partial charge in [0.15, 0.2) is 0 Å². The normalized spacial score (nSPS) is 20.9. The second-order valence-electron chi connectivity index (χ2n) is 11.2. The van der Waals surface area contributed by atoms with Gasteiger partial charge in [-0.2, -0.15) is 8.78 Å². The van der Waals surface area contributed by atoms with Crippen molar-refractivity contribution in [3.05, 3.63) is 57.3 Å². The lowest BCUT2D eigenvalue weighted by Gasteiger charge is -2.47. The van der Waals surface area contributed by atoms with E-state index in [1.807, 2.05) is 38.3 Å². The van der Waals surface area contributed by atoms with E-state index in [2.05, 4.69) is 31.4 Å². The van der Waals surface area contributed by atoms with Gasteiger partial charge in [0.2, 0.25) is 0 Å². The molecule has 222 valence electrons. The van der Waals surface area contributed by atoms with Crippen LogP contribution in [0.3, 0.4) is 0 Å². The molecule has 5 rings (SSSR count). The van der Waals surface area contributed by atoms with Gasteiger partial charge in [-0.25, -0.2) is 4.98 Å². The van der Waals surface area contributed by atoms with E-state index >= 15 is 0 Å². The maximum atomic E-state index is 13.6. The Morgan fingerprint density at radius 1 is 1.24 bits per heavy atom. The van der Waals surface area contributed by atoms with Crippen LogP contribution < -0.4 is 10.9 Å². The van der Waals surface area contributed by atoms with E-state index in [1.165, 1.54) is 11.8 Å². The Morgan fingerprint density at radius 3 is 2.63 bits per heavy atom. The van der Waals surface area contributed by atoms with Crippen molar-refractivity contribution >= 4 is 28.7 Å². The summed E-state index contributed by atoms with van der Waals surface area (Å²) in [4.78, 5) is 36.9. The molecule has 0 spiro atoms. The molecule has 0 radical (unpaired) electrons. The number of fused-ring (bicyclic) bond motifs is 1. The lowest BCUT2D eigenvalue weighted by Crippen LogP contribution is -2.57. The number of alkyl halides is 2. The van der Waals surface area contributed by atoms with Crippen molar-refractivity contribution in [1.29, 1.82) is 0 Å². The number of H-pyrrole nitrogens is 1. The largest absolute Gasteiger partial charge is 0.348 e. The van der Waals surface area contributed by atoms with Crippen LogP contribution in [0.2, 0.25) is 0 Å². The van der Waals surface area contributed by atoms with Gasteiger partial charge in [-0.05, 0) is 76.3 Å². The number of amides is 1. The van der Waals surface area contributed by atoms with Crippen LogP contribution in [0.25, 0.3) is 11.0 Å². The zero-order valence-electron chi connectivity index (χ0n) is 24.1. The molecular formula is C30H39F2N5O3S. The average molecular weight is 588 g/mol. The van der Waals surface area contributed by atoms with E-state index in [1.54, 1.807) is 6.20 Å². The van der Waals surface area contributed by atoms with Crippen LogP contribution in [0.1, 0.15) is 72.4 Å². The fourth-order valence-corrected chi connectivity index (χ4v) is 7.53. The lowest BCUT2D eigenvalue weighted by atomic mass is 9.79. The summed E-state index contributed by atoms with van der Waals surface area (Å²) in [5.41, 5.74) is 3.43. The maximum Gasteiger partial charge on any atom is 0.345 e. The number of pyridine rings is 2. The maximum absolute atomic E-state index is 13.6. The Morgan fingerprint density at radius 2 is 1.98 bits per heavy atom. The van der Waals surface area contributed by atoms with Crippen molar-refractivity contribution in [2.75, 3.05) is 19.3 Å². The van der Waals surface area contributed by atoms with Gasteiger partial charge in [-0.1, -0.05) is 6.92 Å². The van der Waals surface area contributed by atoms with E-state index in [9.17, 15) is 18.4 Å². The molecule has 4 heterocycles. The van der Waals surface area contributed by atoms with Crippen LogP contribution in [0.15, 0.2) is 34.1 Å². The van der Waals surface area contributed by atoms with Crippen LogP contribution in [-0.4, -0.2) is 63.4 Å². The van der Waals surface area contributed by atoms with Crippen LogP contribution in [0.4, 0.5) is 8.78 Å². The highest BCUT2D eigenvalue weighted by Gasteiger charge is 2.38. The molecule has 3 aromatic rings. The monoisotopic (exact) mass is 587 g/mol. The Labute approximate surface area is 243 Å². The number of nitrogens with zero attached hydrogens (tertiary/aromatic N) is 3. The average Bonchev–Trinajstić information content (AvgIpc) is 3.22. The number of thioether (sulfide) groups is 1. The third-order valence-electron chi connectivity index (χ3n) is 8.83. The first kappa shape index (κ1) is 29.7. The van der Waals surface area contributed by atoms with Gasteiger partial charge in [0.1, 0.15) is 5.65 Å². The number of ether oxygens (including phenoxy) is 1. The van der Waals surface area contributed by atoms with Gasteiger partial charge >= 0.3 is 6.61 Å². The molecule has 1 saturated heterocycles. The molecule has 11 heteroatoms. The molecule has 2 N–H and O–H groups in total. The van der Waals surface area contributed by atoms with E-state index in [4.69, 9.17) is 4.98 Å². The molecule has 1 aliphatic carbocycles. The number of likely N-dealkylation sites (tertiary alicyclic amines) is 1. The van der Waals surface area contributed by atoms with Crippen molar-refractivity contribution in [2.45, 2.75) is 89.1 Å². The standard InChI is InChI=1S/C30H39F2N5O3S/c1-5-24(19-8-10-20(11-9-19)36-15-21(16-36)40-30(31)32)37-18(3)26(22-7-6-12-33-27(22)37)29(39)34-14-23-25(41-4)13-17(2)35-28(23)38/h6-7,12-13,19-21,24,30H,5,8-11,14-16H2,1-4H3,(H,34,39)(H,35,38)/t19?,20?,24-/m1/s1. The number of rotatable bonds is 10. The zero-order chi connectivity index (χ0) is 29.3. The molecule has 1 amide bonds. The van der Waals surface area contributed by atoms with Crippen molar-refractivity contribution in [3.8, 4) is 0 Å². The summed E-state index contributed by atoms with van der Waals surface area (Å²) in [6.45, 7) is 4.60. The number of hydrogen-bond donors (Lipinski definition) is 2. The third kappa shape index (κ3) is 6.08. The number of carbonyl (C=O) groups excluding carboxylic acids is 1. The molecule has 2 fully saturated rings. The second-order valence-corrected chi connectivity index (χ2v) is 12.1. The molecule has 0 aromatic carbocycles. The van der Waals surface area contributed by atoms with Crippen molar-refractivity contribution in [2.24, 2.45) is 5.92 Å². The second kappa shape index (κ2) is 12.6. The number of hydrogen-bond acceptors (Lipinski definition) is 6. The van der Waals surface area contributed by atoms with Crippen LogP contribution in [0.5, 0.6) is 0 Å². The first-order chi connectivity index (χ1) is 19.7. The number of nitrogens with one attached hydrogen (secondary N) is 2. The molecule has 1 aliphatic heterocycles. The first-order valence-electron chi connectivity index (χ1n) is 14.4. The minimum absolute atomic E-state index is 0.137. The first-order valence-corrected chi connectivity index (χ1v) is 15.6. The molecular weight excluding hydrogens is 548 g/mol. The smallest absolute Gasteiger partial charge is 0.345 e. The third-order valence-corrected chi connectivity index (χ3v) is 9.64. The van der Waals surface area contributed by atoms with Gasteiger partial charge in [0.25, 0.3) is 11.5 Å². The highest BCUT2D eigenvalue weighted by atomic mass is 32.2. The number of carbonyl (C=O) groups is 1. The summed E-state index contributed by atoms with van der Waals surface area (Å²) in [6, 6.07) is 6.30. The molecule has 3 aromatic heterocycles. The van der Waals surface area contributed by atoms with Gasteiger partial charge in [0.05, 0.1) is 11.7 Å². The summed E-state index contributed by atoms with van der Waals surface area (Å²) in [6.07, 6.45) is 8.32. The summed E-state index contributed by atoms with van der Waals surface area (Å²) >= 11 is 1.49. The van der Waals surface area contributed by atoms with Crippen LogP contribution in [-0.2, 0) is 11.3 Å². The number of aromatic amines is 1. The van der Waals surface area contributed by atoms with E-state index < -0.39 is 6.61 Å². The Hall–Kier alpha value is -2.76. The lowest BCUT2D eigenvalue weighted by molar-refractivity contribution is -0.202. The quantitative estimate of drug-likeness (QED) is 0.308. The fourth-order valence-electron chi connectivity index (χ4n) is 6.82. The molecule has 0 unspecified atom stereocenters. The Kier molecular flexibility index (Phi) is 9.15. The minimum atomic E-state index is -2.71. The Balaban J connectivity index is 1.33. The highest BCUT2D eigenvalue weighted by molar-refractivity contribution is 7.98. The number of aryl methyl sites for hydroxylation is 1. The van der Waals surface area contributed by atoms with Gasteiger partial charge in [0, 0.05) is 65.1 Å². The van der Waals surface area contributed by atoms with Gasteiger partial charge in [-0.15, -0.1) is 11.8 Å². The van der Waals surface area contributed by atoms with E-state index in [-0.39, 0.29) is 30.2 Å². The molecule has 8 nitrogen and oxygen atoms in total. The number of halogens is 2.